The van der Waals surface area contributed by atoms with Crippen molar-refractivity contribution in [3.63, 3.8) is 0 Å². The number of rotatable bonds is 4. The molecule has 3 aromatic rings. The van der Waals surface area contributed by atoms with Crippen molar-refractivity contribution in [1.29, 1.82) is 0 Å². The Bertz CT molecular complexity index is 972. The molecular formula is C20H24N6. The molecule has 0 amide bonds. The Labute approximate surface area is 152 Å². The van der Waals surface area contributed by atoms with Gasteiger partial charge in [0.25, 0.3) is 0 Å². The van der Waals surface area contributed by atoms with E-state index in [-0.39, 0.29) is 6.04 Å². The van der Waals surface area contributed by atoms with Gasteiger partial charge in [-0.3, -0.25) is 0 Å². The average Bonchev–Trinajstić information content (AvgIpc) is 3.14. The number of anilines is 2. The maximum atomic E-state index is 6.02. The minimum absolute atomic E-state index is 0.187. The molecule has 2 aromatic heterocycles. The number of nitrogens with two attached hydrogens (primary N) is 1. The highest BCUT2D eigenvalue weighted by Gasteiger charge is 2.25. The molecule has 0 radical (unpaired) electrons. The Morgan fingerprint density at radius 3 is 2.92 bits per heavy atom. The number of hydrogen-bond acceptors (Lipinski definition) is 5. The number of nitrogens with zero attached hydrogens (tertiary/aromatic N) is 2. The van der Waals surface area contributed by atoms with Gasteiger partial charge in [-0.05, 0) is 49.4 Å². The maximum absolute atomic E-state index is 6.02. The number of nitrogen functional groups attached to an aromatic ring is 1. The van der Waals surface area contributed by atoms with E-state index in [1.807, 2.05) is 13.0 Å². The van der Waals surface area contributed by atoms with E-state index in [2.05, 4.69) is 43.8 Å². The number of nitrogens with one attached hydrogen (secondary N) is 3. The van der Waals surface area contributed by atoms with Crippen LogP contribution in [0, 0.1) is 6.92 Å². The van der Waals surface area contributed by atoms with E-state index in [0.29, 0.717) is 17.5 Å². The molecule has 2 aliphatic rings. The summed E-state index contributed by atoms with van der Waals surface area (Å²) >= 11 is 0. The zero-order chi connectivity index (χ0) is 17.7. The van der Waals surface area contributed by atoms with Gasteiger partial charge in [0.15, 0.2) is 5.65 Å². The van der Waals surface area contributed by atoms with Crippen LogP contribution in [0.5, 0.6) is 0 Å². The third-order valence-electron chi connectivity index (χ3n) is 5.63. The fourth-order valence-corrected chi connectivity index (χ4v) is 4.01. The third kappa shape index (κ3) is 2.70. The van der Waals surface area contributed by atoms with Gasteiger partial charge in [0.2, 0.25) is 0 Å². The Morgan fingerprint density at radius 1 is 1.23 bits per heavy atom. The summed E-state index contributed by atoms with van der Waals surface area (Å²) in [6, 6.07) is 9.61. The van der Waals surface area contributed by atoms with E-state index in [9.17, 15) is 0 Å². The summed E-state index contributed by atoms with van der Waals surface area (Å²) in [6.07, 6.45) is 4.95. The van der Waals surface area contributed by atoms with Crippen molar-refractivity contribution in [1.82, 2.24) is 20.3 Å². The summed E-state index contributed by atoms with van der Waals surface area (Å²) < 4.78 is 0. The number of aryl methyl sites for hydroxylation is 1. The van der Waals surface area contributed by atoms with Crippen molar-refractivity contribution in [2.45, 2.75) is 51.2 Å². The largest absolute Gasteiger partial charge is 0.384 e. The van der Waals surface area contributed by atoms with Crippen LogP contribution in [0.25, 0.3) is 11.2 Å². The lowest BCUT2D eigenvalue weighted by Crippen LogP contribution is -2.34. The molecule has 1 unspecified atom stereocenters. The first-order chi connectivity index (χ1) is 12.7. The van der Waals surface area contributed by atoms with Gasteiger partial charge in [-0.1, -0.05) is 18.6 Å². The topological polar surface area (TPSA) is 91.7 Å². The number of benzene rings is 1. The molecule has 1 aromatic carbocycles. The van der Waals surface area contributed by atoms with Gasteiger partial charge in [0.1, 0.15) is 11.6 Å². The Kier molecular flexibility index (Phi) is 3.60. The van der Waals surface area contributed by atoms with E-state index in [4.69, 9.17) is 5.73 Å². The first-order valence-electron chi connectivity index (χ1n) is 9.40. The minimum atomic E-state index is 0.187. The van der Waals surface area contributed by atoms with Crippen LogP contribution in [-0.4, -0.2) is 21.0 Å². The molecule has 1 saturated carbocycles. The van der Waals surface area contributed by atoms with Crippen LogP contribution in [0.4, 0.5) is 11.5 Å². The smallest absolute Gasteiger partial charge is 0.180 e. The van der Waals surface area contributed by atoms with Crippen LogP contribution in [0.3, 0.4) is 0 Å². The standard InChI is InChI=1S/C20H24N6/c1-11-23-19-15(9-18(21)26-20(19)24-11)17-8-13-7-12(5-6-16(13)25-17)10-22-14-3-2-4-14/h5-7,9,14,17,22,25H,2-4,8,10H2,1H3,(H3,21,23,24,26). The van der Waals surface area contributed by atoms with Gasteiger partial charge in [0, 0.05) is 23.8 Å². The number of aromatic amines is 1. The lowest BCUT2D eigenvalue weighted by atomic mass is 9.93. The van der Waals surface area contributed by atoms with Crippen LogP contribution < -0.4 is 16.4 Å². The second-order valence-electron chi connectivity index (χ2n) is 7.56. The van der Waals surface area contributed by atoms with Gasteiger partial charge in [-0.25, -0.2) is 9.97 Å². The minimum Gasteiger partial charge on any atom is -0.384 e. The molecule has 5 rings (SSSR count). The molecule has 26 heavy (non-hydrogen) atoms. The Morgan fingerprint density at radius 2 is 2.12 bits per heavy atom. The summed E-state index contributed by atoms with van der Waals surface area (Å²) in [4.78, 5) is 12.1. The van der Waals surface area contributed by atoms with Crippen molar-refractivity contribution in [2.24, 2.45) is 0 Å². The van der Waals surface area contributed by atoms with Crippen molar-refractivity contribution in [2.75, 3.05) is 11.1 Å². The van der Waals surface area contributed by atoms with Gasteiger partial charge in [-0.2, -0.15) is 0 Å². The Hall–Kier alpha value is -2.60. The van der Waals surface area contributed by atoms with Gasteiger partial charge in [0.05, 0.1) is 11.6 Å². The van der Waals surface area contributed by atoms with Crippen LogP contribution in [0.15, 0.2) is 24.3 Å². The average molecular weight is 348 g/mol. The highest BCUT2D eigenvalue weighted by Crippen LogP contribution is 2.37. The fourth-order valence-electron chi connectivity index (χ4n) is 4.01. The molecule has 1 atom stereocenters. The second kappa shape index (κ2) is 5.99. The van der Waals surface area contributed by atoms with E-state index < -0.39 is 0 Å². The number of pyridine rings is 1. The molecule has 1 fully saturated rings. The number of imidazole rings is 1. The molecule has 0 bridgehead atoms. The zero-order valence-electron chi connectivity index (χ0n) is 15.0. The van der Waals surface area contributed by atoms with E-state index >= 15 is 0 Å². The van der Waals surface area contributed by atoms with Gasteiger partial charge < -0.3 is 21.4 Å². The SMILES string of the molecule is Cc1nc2nc(N)cc(C3Cc4cc(CNC5CCC5)ccc4N3)c2[nH]1. The highest BCUT2D eigenvalue weighted by molar-refractivity contribution is 5.79. The number of fused-ring (bicyclic) bond motifs is 2. The molecule has 0 saturated heterocycles. The summed E-state index contributed by atoms with van der Waals surface area (Å²) in [5.74, 6) is 1.38. The van der Waals surface area contributed by atoms with Gasteiger partial charge in [-0.15, -0.1) is 0 Å². The van der Waals surface area contributed by atoms with Crippen molar-refractivity contribution >= 4 is 22.7 Å². The maximum Gasteiger partial charge on any atom is 0.180 e. The highest BCUT2D eigenvalue weighted by atomic mass is 15.0. The van der Waals surface area contributed by atoms with E-state index in [0.717, 1.165) is 29.9 Å². The molecule has 1 aliphatic heterocycles. The Balaban J connectivity index is 1.40. The van der Waals surface area contributed by atoms with Crippen LogP contribution in [-0.2, 0) is 13.0 Å². The van der Waals surface area contributed by atoms with Crippen molar-refractivity contribution < 1.29 is 0 Å². The van der Waals surface area contributed by atoms with Crippen LogP contribution >= 0.6 is 0 Å². The molecule has 6 heteroatoms. The van der Waals surface area contributed by atoms with E-state index in [1.54, 1.807) is 0 Å². The second-order valence-corrected chi connectivity index (χ2v) is 7.56. The van der Waals surface area contributed by atoms with E-state index in [1.165, 1.54) is 36.1 Å². The summed E-state index contributed by atoms with van der Waals surface area (Å²) in [5, 5.41) is 7.29. The fraction of sp³-hybridized carbons (Fsp3) is 0.400. The lowest BCUT2D eigenvalue weighted by Gasteiger charge is -2.26. The predicted molar refractivity (Wildman–Crippen MR) is 104 cm³/mol. The molecule has 134 valence electrons. The zero-order valence-corrected chi connectivity index (χ0v) is 15.0. The summed E-state index contributed by atoms with van der Waals surface area (Å²) in [6.45, 7) is 2.90. The van der Waals surface area contributed by atoms with Crippen molar-refractivity contribution in [3.8, 4) is 0 Å². The third-order valence-corrected chi connectivity index (χ3v) is 5.63. The molecule has 1 aliphatic carbocycles. The molecule has 6 nitrogen and oxygen atoms in total. The lowest BCUT2D eigenvalue weighted by molar-refractivity contribution is 0.338. The molecule has 3 heterocycles. The van der Waals surface area contributed by atoms with Crippen molar-refractivity contribution in [3.05, 3.63) is 46.8 Å². The quantitative estimate of drug-likeness (QED) is 0.581. The number of H-pyrrole nitrogens is 1. The summed E-state index contributed by atoms with van der Waals surface area (Å²) in [5.41, 5.74) is 12.8. The molecular weight excluding hydrogens is 324 g/mol. The summed E-state index contributed by atoms with van der Waals surface area (Å²) in [7, 11) is 0. The van der Waals surface area contributed by atoms with Crippen LogP contribution in [0.2, 0.25) is 0 Å². The first-order valence-corrected chi connectivity index (χ1v) is 9.40. The monoisotopic (exact) mass is 348 g/mol. The number of hydrogen-bond donors (Lipinski definition) is 4. The van der Waals surface area contributed by atoms with Crippen LogP contribution in [0.1, 0.15) is 47.8 Å². The first kappa shape index (κ1) is 15.6. The molecule has 5 N–H and O–H groups in total. The van der Waals surface area contributed by atoms with Gasteiger partial charge >= 0.3 is 0 Å². The predicted octanol–water partition coefficient (Wildman–Crippen LogP) is 3.20. The normalized spacial score (nSPS) is 19.3. The number of aromatic nitrogens is 3. The molecule has 0 spiro atoms.